The molecule has 3 aromatic rings. The summed E-state index contributed by atoms with van der Waals surface area (Å²) in [5.74, 6) is 0.893. The lowest BCUT2D eigenvalue weighted by atomic mass is 10.2. The van der Waals surface area contributed by atoms with Gasteiger partial charge in [0.15, 0.2) is 0 Å². The number of nitrogens with zero attached hydrogens (tertiary/aromatic N) is 3. The lowest BCUT2D eigenvalue weighted by Crippen LogP contribution is -2.22. The molecule has 0 unspecified atom stereocenters. The number of benzene rings is 1. The summed E-state index contributed by atoms with van der Waals surface area (Å²) < 4.78 is 10.4. The number of ether oxygens (including phenoxy) is 2. The van der Waals surface area contributed by atoms with E-state index in [1.165, 1.54) is 11.3 Å². The summed E-state index contributed by atoms with van der Waals surface area (Å²) in [6.07, 6.45) is 1.71. The molecule has 1 amide bonds. The summed E-state index contributed by atoms with van der Waals surface area (Å²) in [5, 5.41) is 5.23. The molecule has 0 aliphatic rings. The normalized spacial score (nSPS) is 10.5. The maximum absolute atomic E-state index is 12.5. The molecule has 0 atom stereocenters. The second-order valence-corrected chi connectivity index (χ2v) is 6.87. The van der Waals surface area contributed by atoms with Gasteiger partial charge in [0.2, 0.25) is 0 Å². The van der Waals surface area contributed by atoms with E-state index in [9.17, 15) is 4.79 Å². The molecule has 2 aromatic heterocycles. The van der Waals surface area contributed by atoms with Crippen molar-refractivity contribution in [3.05, 3.63) is 53.7 Å². The first-order chi connectivity index (χ1) is 13.6. The average Bonchev–Trinajstić information content (AvgIpc) is 3.22. The molecular weight excluding hydrogens is 376 g/mol. The minimum absolute atomic E-state index is 0.301. The zero-order valence-corrected chi connectivity index (χ0v) is 16.8. The number of pyridine rings is 1. The number of aromatic nitrogens is 2. The second-order valence-electron chi connectivity index (χ2n) is 6.01. The largest absolute Gasteiger partial charge is 0.496 e. The molecule has 0 aliphatic carbocycles. The number of likely N-dealkylation sites (N-methyl/N-ethyl adjacent to an activating group) is 1. The second kappa shape index (κ2) is 9.29. The minimum atomic E-state index is -0.301. The molecule has 3 rings (SSSR count). The molecule has 1 N–H and O–H groups in total. The van der Waals surface area contributed by atoms with E-state index in [2.05, 4.69) is 15.3 Å². The molecule has 7 nitrogen and oxygen atoms in total. The summed E-state index contributed by atoms with van der Waals surface area (Å²) in [7, 11) is 5.24. The number of hydrogen-bond acceptors (Lipinski definition) is 7. The summed E-state index contributed by atoms with van der Waals surface area (Å²) >= 11 is 1.39. The molecule has 8 heteroatoms. The van der Waals surface area contributed by atoms with Gasteiger partial charge in [-0.25, -0.2) is 9.97 Å². The van der Waals surface area contributed by atoms with E-state index >= 15 is 0 Å². The number of hydrogen-bond donors (Lipinski definition) is 1. The molecule has 2 heterocycles. The maximum atomic E-state index is 12.5. The monoisotopic (exact) mass is 398 g/mol. The molecule has 28 heavy (non-hydrogen) atoms. The fourth-order valence-corrected chi connectivity index (χ4v) is 3.38. The zero-order valence-electron chi connectivity index (χ0n) is 16.0. The van der Waals surface area contributed by atoms with Crippen molar-refractivity contribution in [3.8, 4) is 16.3 Å². The fourth-order valence-electron chi connectivity index (χ4n) is 2.55. The van der Waals surface area contributed by atoms with Crippen LogP contribution in [0.1, 0.15) is 10.5 Å². The molecule has 146 valence electrons. The van der Waals surface area contributed by atoms with E-state index in [0.717, 1.165) is 28.6 Å². The molecule has 0 spiro atoms. The summed E-state index contributed by atoms with van der Waals surface area (Å²) in [4.78, 5) is 23.3. The SMILES string of the molecule is COCCN(C)c1ccc(NC(=O)c2csc(-c3ccccc3OC)n2)nc1. The third-order valence-corrected chi connectivity index (χ3v) is 5.01. The molecule has 0 fully saturated rings. The van der Waals surface area contributed by atoms with E-state index in [0.29, 0.717) is 18.1 Å². The third kappa shape index (κ3) is 4.65. The molecule has 1 aromatic carbocycles. The molecule has 0 radical (unpaired) electrons. The number of rotatable bonds is 8. The van der Waals surface area contributed by atoms with Crippen molar-refractivity contribution in [3.63, 3.8) is 0 Å². The Balaban J connectivity index is 1.68. The van der Waals surface area contributed by atoms with E-state index in [4.69, 9.17) is 9.47 Å². The number of carbonyl (C=O) groups excluding carboxylic acids is 1. The molecular formula is C20H22N4O3S. The van der Waals surface area contributed by atoms with Crippen molar-refractivity contribution in [2.45, 2.75) is 0 Å². The quantitative estimate of drug-likeness (QED) is 0.625. The number of methoxy groups -OCH3 is 2. The van der Waals surface area contributed by atoms with Crippen LogP contribution in [0, 0.1) is 0 Å². The van der Waals surface area contributed by atoms with Gasteiger partial charge in [0.1, 0.15) is 22.3 Å². The van der Waals surface area contributed by atoms with Crippen LogP contribution in [-0.4, -0.2) is 50.3 Å². The Morgan fingerprint density at radius 3 is 2.75 bits per heavy atom. The zero-order chi connectivity index (χ0) is 19.9. The predicted octanol–water partition coefficient (Wildman–Crippen LogP) is 3.55. The van der Waals surface area contributed by atoms with Gasteiger partial charge in [0.05, 0.1) is 31.2 Å². The van der Waals surface area contributed by atoms with Crippen LogP contribution in [0.3, 0.4) is 0 Å². The maximum Gasteiger partial charge on any atom is 0.276 e. The van der Waals surface area contributed by atoms with E-state index in [1.54, 1.807) is 31.9 Å². The van der Waals surface area contributed by atoms with E-state index in [1.807, 2.05) is 42.3 Å². The van der Waals surface area contributed by atoms with Crippen LogP contribution in [0.5, 0.6) is 5.75 Å². The summed E-state index contributed by atoms with van der Waals surface area (Å²) in [6.45, 7) is 1.39. The van der Waals surface area contributed by atoms with Crippen LogP contribution in [0.15, 0.2) is 48.0 Å². The summed E-state index contributed by atoms with van der Waals surface area (Å²) in [6, 6.07) is 11.3. The van der Waals surface area contributed by atoms with Gasteiger partial charge in [0.25, 0.3) is 5.91 Å². The predicted molar refractivity (Wildman–Crippen MR) is 111 cm³/mol. The Morgan fingerprint density at radius 1 is 1.21 bits per heavy atom. The van der Waals surface area contributed by atoms with E-state index < -0.39 is 0 Å². The molecule has 0 bridgehead atoms. The number of para-hydroxylation sites is 1. The first kappa shape index (κ1) is 19.8. The highest BCUT2D eigenvalue weighted by Crippen LogP contribution is 2.32. The standard InChI is InChI=1S/C20H22N4O3S/c1-24(10-11-26-2)14-8-9-18(21-12-14)23-19(25)16-13-28-20(22-16)15-6-4-5-7-17(15)27-3/h4-9,12-13H,10-11H2,1-3H3,(H,21,23,25). The van der Waals surface area contributed by atoms with Gasteiger partial charge in [-0.15, -0.1) is 11.3 Å². The van der Waals surface area contributed by atoms with Crippen molar-refractivity contribution < 1.29 is 14.3 Å². The number of thiazole rings is 1. The Labute approximate surface area is 168 Å². The van der Waals surface area contributed by atoms with Crippen molar-refractivity contribution in [1.82, 2.24) is 9.97 Å². The Morgan fingerprint density at radius 2 is 2.04 bits per heavy atom. The Kier molecular flexibility index (Phi) is 6.57. The lowest BCUT2D eigenvalue weighted by molar-refractivity contribution is 0.102. The fraction of sp³-hybridized carbons (Fsp3) is 0.250. The highest BCUT2D eigenvalue weighted by molar-refractivity contribution is 7.13. The van der Waals surface area contributed by atoms with Crippen LogP contribution >= 0.6 is 11.3 Å². The van der Waals surface area contributed by atoms with Gasteiger partial charge in [-0.1, -0.05) is 12.1 Å². The highest BCUT2D eigenvalue weighted by atomic mass is 32.1. The Hall–Kier alpha value is -2.97. The Bertz CT molecular complexity index is 927. The van der Waals surface area contributed by atoms with Crippen molar-refractivity contribution in [2.75, 3.05) is 44.6 Å². The van der Waals surface area contributed by atoms with Crippen molar-refractivity contribution in [1.29, 1.82) is 0 Å². The molecule has 0 saturated heterocycles. The molecule has 0 aliphatic heterocycles. The number of carbonyl (C=O) groups is 1. The third-order valence-electron chi connectivity index (χ3n) is 4.14. The minimum Gasteiger partial charge on any atom is -0.496 e. The van der Waals surface area contributed by atoms with Crippen LogP contribution in [-0.2, 0) is 4.74 Å². The van der Waals surface area contributed by atoms with Crippen LogP contribution in [0.4, 0.5) is 11.5 Å². The van der Waals surface area contributed by atoms with Crippen molar-refractivity contribution in [2.24, 2.45) is 0 Å². The number of amides is 1. The van der Waals surface area contributed by atoms with Gasteiger partial charge in [-0.05, 0) is 24.3 Å². The van der Waals surface area contributed by atoms with Gasteiger partial charge < -0.3 is 19.7 Å². The number of nitrogens with one attached hydrogen (secondary N) is 1. The smallest absolute Gasteiger partial charge is 0.276 e. The van der Waals surface area contributed by atoms with Crippen LogP contribution in [0.2, 0.25) is 0 Å². The van der Waals surface area contributed by atoms with Crippen molar-refractivity contribution >= 4 is 28.7 Å². The van der Waals surface area contributed by atoms with Crippen LogP contribution in [0.25, 0.3) is 10.6 Å². The first-order valence-electron chi connectivity index (χ1n) is 8.68. The highest BCUT2D eigenvalue weighted by Gasteiger charge is 2.15. The van der Waals surface area contributed by atoms with Gasteiger partial charge in [-0.2, -0.15) is 0 Å². The topological polar surface area (TPSA) is 76.6 Å². The van der Waals surface area contributed by atoms with Gasteiger partial charge in [0, 0.05) is 26.1 Å². The first-order valence-corrected chi connectivity index (χ1v) is 9.56. The van der Waals surface area contributed by atoms with Gasteiger partial charge >= 0.3 is 0 Å². The lowest BCUT2D eigenvalue weighted by Gasteiger charge is -2.18. The average molecular weight is 398 g/mol. The number of anilines is 2. The summed E-state index contributed by atoms with van der Waals surface area (Å²) in [5.41, 5.74) is 2.15. The van der Waals surface area contributed by atoms with E-state index in [-0.39, 0.29) is 5.91 Å². The van der Waals surface area contributed by atoms with Gasteiger partial charge in [-0.3, -0.25) is 4.79 Å². The van der Waals surface area contributed by atoms with Crippen LogP contribution < -0.4 is 15.0 Å². The molecule has 0 saturated carbocycles.